The van der Waals surface area contributed by atoms with Crippen molar-refractivity contribution in [1.29, 1.82) is 0 Å². The predicted molar refractivity (Wildman–Crippen MR) is 133 cm³/mol. The molecule has 0 saturated heterocycles. The fraction of sp³-hybridized carbons (Fsp3) is 0.115. The van der Waals surface area contributed by atoms with Crippen LogP contribution in [-0.2, 0) is 6.42 Å². The van der Waals surface area contributed by atoms with Crippen LogP contribution in [-0.4, -0.2) is 32.5 Å². The number of benzene rings is 3. The Bertz CT molecular complexity index is 1320. The molecule has 1 N–H and O–H groups in total. The van der Waals surface area contributed by atoms with E-state index in [4.69, 9.17) is 15.1 Å². The number of nitrogens with zero attached hydrogens (tertiary/aromatic N) is 4. The number of thioether (sulfide) groups is 1. The predicted octanol–water partition coefficient (Wildman–Crippen LogP) is 5.86. The third kappa shape index (κ3) is 4.09. The molecule has 5 nitrogen and oxygen atoms in total. The highest BCUT2D eigenvalue weighted by Gasteiger charge is 2.20. The van der Waals surface area contributed by atoms with Gasteiger partial charge in [0.1, 0.15) is 11.5 Å². The van der Waals surface area contributed by atoms with Crippen molar-refractivity contribution in [1.82, 2.24) is 19.7 Å². The maximum absolute atomic E-state index is 5.00. The summed E-state index contributed by atoms with van der Waals surface area (Å²) in [5.41, 5.74) is 4.98. The zero-order valence-electron chi connectivity index (χ0n) is 17.8. The van der Waals surface area contributed by atoms with Gasteiger partial charge in [0.05, 0.1) is 11.1 Å². The van der Waals surface area contributed by atoms with Gasteiger partial charge < -0.3 is 5.32 Å². The summed E-state index contributed by atoms with van der Waals surface area (Å²) in [5, 5.41) is 10.2. The van der Waals surface area contributed by atoms with Crippen LogP contribution >= 0.6 is 11.8 Å². The Balaban J connectivity index is 1.64. The van der Waals surface area contributed by atoms with E-state index in [9.17, 15) is 0 Å². The van der Waals surface area contributed by atoms with Gasteiger partial charge >= 0.3 is 0 Å². The molecule has 0 radical (unpaired) electrons. The average Bonchev–Trinajstić information content (AvgIpc) is 3.25. The largest absolute Gasteiger partial charge is 0.369 e. The van der Waals surface area contributed by atoms with Crippen LogP contribution in [0.1, 0.15) is 5.56 Å². The minimum Gasteiger partial charge on any atom is -0.369 e. The molecule has 0 atom stereocenters. The molecule has 3 aromatic carbocycles. The van der Waals surface area contributed by atoms with Gasteiger partial charge in [-0.15, -0.1) is 0 Å². The van der Waals surface area contributed by atoms with Gasteiger partial charge in [0.2, 0.25) is 0 Å². The van der Waals surface area contributed by atoms with Crippen molar-refractivity contribution < 1.29 is 0 Å². The summed E-state index contributed by atoms with van der Waals surface area (Å²) in [4.78, 5) is 9.69. The normalized spacial score (nSPS) is 11.0. The van der Waals surface area contributed by atoms with E-state index in [1.807, 2.05) is 65.5 Å². The van der Waals surface area contributed by atoms with Crippen molar-refractivity contribution in [2.24, 2.45) is 0 Å². The molecular weight excluding hydrogens is 414 g/mol. The highest BCUT2D eigenvalue weighted by molar-refractivity contribution is 7.98. The number of aromatic nitrogens is 4. The van der Waals surface area contributed by atoms with Gasteiger partial charge in [-0.2, -0.15) is 5.10 Å². The number of nitrogens with one attached hydrogen (secondary N) is 1. The molecule has 0 fully saturated rings. The Morgan fingerprint density at radius 3 is 2.16 bits per heavy atom. The number of anilines is 1. The summed E-state index contributed by atoms with van der Waals surface area (Å²) in [6.07, 6.45) is 2.91. The van der Waals surface area contributed by atoms with Crippen molar-refractivity contribution in [3.63, 3.8) is 0 Å². The van der Waals surface area contributed by atoms with E-state index in [1.54, 1.807) is 0 Å². The van der Waals surface area contributed by atoms with Crippen molar-refractivity contribution in [3.8, 4) is 16.9 Å². The topological polar surface area (TPSA) is 55.6 Å². The standard InChI is InChI=1S/C26H23N5S/c1-32-26-28-24(27-18-17-19-11-5-2-6-12-19)22-23(20-13-7-3-8-14-20)30-31(25(22)29-26)21-15-9-4-10-16-21/h2-16H,17-18H2,1H3,(H,27,28,29). The van der Waals surface area contributed by atoms with Crippen molar-refractivity contribution in [2.45, 2.75) is 11.6 Å². The summed E-state index contributed by atoms with van der Waals surface area (Å²) in [6, 6.07) is 30.8. The zero-order chi connectivity index (χ0) is 21.8. The van der Waals surface area contributed by atoms with Gasteiger partial charge in [-0.05, 0) is 30.4 Å². The van der Waals surface area contributed by atoms with Crippen LogP contribution in [0.5, 0.6) is 0 Å². The SMILES string of the molecule is CSc1nc(NCCc2ccccc2)c2c(-c3ccccc3)nn(-c3ccccc3)c2n1. The van der Waals surface area contributed by atoms with Crippen LogP contribution in [0.15, 0.2) is 96.2 Å². The molecule has 6 heteroatoms. The summed E-state index contributed by atoms with van der Waals surface area (Å²) in [6.45, 7) is 0.773. The van der Waals surface area contributed by atoms with Gasteiger partial charge in [0.15, 0.2) is 10.8 Å². The molecule has 5 rings (SSSR count). The highest BCUT2D eigenvalue weighted by atomic mass is 32.2. The van der Waals surface area contributed by atoms with Gasteiger partial charge in [0, 0.05) is 12.1 Å². The minimum absolute atomic E-state index is 0.719. The molecule has 158 valence electrons. The smallest absolute Gasteiger partial charge is 0.191 e. The Kier molecular flexibility index (Phi) is 5.85. The van der Waals surface area contributed by atoms with Crippen LogP contribution in [0.25, 0.3) is 28.0 Å². The molecule has 0 aliphatic rings. The summed E-state index contributed by atoms with van der Waals surface area (Å²) < 4.78 is 1.92. The lowest BCUT2D eigenvalue weighted by Gasteiger charge is -2.10. The van der Waals surface area contributed by atoms with Crippen LogP contribution in [0, 0.1) is 0 Å². The molecule has 0 spiro atoms. The third-order valence-electron chi connectivity index (χ3n) is 5.29. The second-order valence-corrected chi connectivity index (χ2v) is 8.16. The number of hydrogen-bond acceptors (Lipinski definition) is 5. The lowest BCUT2D eigenvalue weighted by Crippen LogP contribution is -2.08. The fourth-order valence-electron chi connectivity index (χ4n) is 3.73. The van der Waals surface area contributed by atoms with Crippen molar-refractivity contribution in [2.75, 3.05) is 18.1 Å². The molecule has 0 bridgehead atoms. The molecule has 0 aliphatic heterocycles. The molecule has 0 amide bonds. The average molecular weight is 438 g/mol. The Morgan fingerprint density at radius 2 is 1.47 bits per heavy atom. The first-order chi connectivity index (χ1) is 15.8. The van der Waals surface area contributed by atoms with Crippen LogP contribution in [0.2, 0.25) is 0 Å². The summed E-state index contributed by atoms with van der Waals surface area (Å²) >= 11 is 1.53. The second-order valence-electron chi connectivity index (χ2n) is 7.38. The van der Waals surface area contributed by atoms with E-state index in [1.165, 1.54) is 17.3 Å². The van der Waals surface area contributed by atoms with E-state index in [2.05, 4.69) is 41.7 Å². The van der Waals surface area contributed by atoms with Gasteiger partial charge in [0.25, 0.3) is 0 Å². The molecule has 2 aromatic heterocycles. The van der Waals surface area contributed by atoms with Crippen LogP contribution in [0.3, 0.4) is 0 Å². The second kappa shape index (κ2) is 9.24. The fourth-order valence-corrected chi connectivity index (χ4v) is 4.09. The Hall–Kier alpha value is -3.64. The zero-order valence-corrected chi connectivity index (χ0v) is 18.6. The first-order valence-electron chi connectivity index (χ1n) is 10.6. The maximum Gasteiger partial charge on any atom is 0.191 e. The molecule has 0 saturated carbocycles. The highest BCUT2D eigenvalue weighted by Crippen LogP contribution is 2.34. The molecule has 0 aliphatic carbocycles. The maximum atomic E-state index is 5.00. The van der Waals surface area contributed by atoms with Crippen molar-refractivity contribution >= 4 is 28.6 Å². The van der Waals surface area contributed by atoms with E-state index in [-0.39, 0.29) is 0 Å². The lowest BCUT2D eigenvalue weighted by molar-refractivity contribution is 0.878. The monoisotopic (exact) mass is 437 g/mol. The first kappa shape index (κ1) is 20.3. The minimum atomic E-state index is 0.719. The summed E-state index contributed by atoms with van der Waals surface area (Å²) in [7, 11) is 0. The molecule has 2 heterocycles. The summed E-state index contributed by atoms with van der Waals surface area (Å²) in [5.74, 6) is 0.816. The first-order valence-corrected chi connectivity index (χ1v) is 11.8. The number of fused-ring (bicyclic) bond motifs is 1. The van der Waals surface area contributed by atoms with Gasteiger partial charge in [-0.3, -0.25) is 0 Å². The van der Waals surface area contributed by atoms with Crippen molar-refractivity contribution in [3.05, 3.63) is 96.6 Å². The lowest BCUT2D eigenvalue weighted by atomic mass is 10.1. The Labute approximate surface area is 191 Å². The molecule has 32 heavy (non-hydrogen) atoms. The van der Waals surface area contributed by atoms with E-state index in [0.29, 0.717) is 0 Å². The number of hydrogen-bond donors (Lipinski definition) is 1. The van der Waals surface area contributed by atoms with Gasteiger partial charge in [-0.25, -0.2) is 14.6 Å². The third-order valence-corrected chi connectivity index (χ3v) is 5.83. The van der Waals surface area contributed by atoms with E-state index < -0.39 is 0 Å². The van der Waals surface area contributed by atoms with E-state index in [0.717, 1.165) is 51.9 Å². The van der Waals surface area contributed by atoms with Crippen LogP contribution in [0.4, 0.5) is 5.82 Å². The van der Waals surface area contributed by atoms with E-state index >= 15 is 0 Å². The molecule has 5 aromatic rings. The molecule has 0 unspecified atom stereocenters. The molecular formula is C26H23N5S. The number of rotatable bonds is 7. The van der Waals surface area contributed by atoms with Crippen LogP contribution < -0.4 is 5.32 Å². The number of para-hydroxylation sites is 1. The Morgan fingerprint density at radius 1 is 0.812 bits per heavy atom. The van der Waals surface area contributed by atoms with Gasteiger partial charge in [-0.1, -0.05) is 90.6 Å². The quantitative estimate of drug-likeness (QED) is 0.255.